The van der Waals surface area contributed by atoms with Crippen molar-refractivity contribution in [2.24, 2.45) is 0 Å². The van der Waals surface area contributed by atoms with Crippen LogP contribution >= 0.6 is 35.6 Å². The van der Waals surface area contributed by atoms with E-state index >= 15 is 0 Å². The number of likely N-dealkylation sites (tertiary alicyclic amines) is 1. The van der Waals surface area contributed by atoms with Crippen LogP contribution in [0.4, 0.5) is 5.69 Å². The van der Waals surface area contributed by atoms with Crippen LogP contribution in [0.15, 0.2) is 18.2 Å². The summed E-state index contributed by atoms with van der Waals surface area (Å²) >= 11 is 11.8. The van der Waals surface area contributed by atoms with E-state index in [0.717, 1.165) is 6.42 Å². The molecule has 1 unspecified atom stereocenters. The van der Waals surface area contributed by atoms with Crippen LogP contribution in [-0.2, 0) is 9.59 Å². The van der Waals surface area contributed by atoms with Crippen molar-refractivity contribution < 1.29 is 9.59 Å². The van der Waals surface area contributed by atoms with E-state index in [1.165, 1.54) is 0 Å². The normalized spacial score (nSPS) is 17.0. The van der Waals surface area contributed by atoms with Crippen LogP contribution in [0.2, 0.25) is 10.0 Å². The van der Waals surface area contributed by atoms with Gasteiger partial charge in [0.25, 0.3) is 0 Å². The molecule has 2 amide bonds. The van der Waals surface area contributed by atoms with Gasteiger partial charge in [-0.15, -0.1) is 12.4 Å². The number of carbonyl (C=O) groups is 2. The van der Waals surface area contributed by atoms with E-state index < -0.39 is 6.04 Å². The average Bonchev–Trinajstić information content (AvgIpc) is 2.86. The van der Waals surface area contributed by atoms with Gasteiger partial charge in [0.2, 0.25) is 11.8 Å². The zero-order valence-corrected chi connectivity index (χ0v) is 14.4. The first-order chi connectivity index (χ1) is 10.0. The van der Waals surface area contributed by atoms with Crippen LogP contribution in [0.3, 0.4) is 0 Å². The Balaban J connectivity index is 0.00000242. The molecule has 2 rings (SSSR count). The topological polar surface area (TPSA) is 61.4 Å². The lowest BCUT2D eigenvalue weighted by Crippen LogP contribution is -2.46. The minimum atomic E-state index is -0.441. The van der Waals surface area contributed by atoms with Gasteiger partial charge >= 0.3 is 0 Å². The van der Waals surface area contributed by atoms with E-state index in [4.69, 9.17) is 23.2 Å². The molecule has 0 aromatic heterocycles. The van der Waals surface area contributed by atoms with Crippen LogP contribution in [-0.4, -0.2) is 42.9 Å². The summed E-state index contributed by atoms with van der Waals surface area (Å²) in [6.45, 7) is 0.835. The Morgan fingerprint density at radius 1 is 1.27 bits per heavy atom. The molecule has 5 nitrogen and oxygen atoms in total. The summed E-state index contributed by atoms with van der Waals surface area (Å²) in [5, 5.41) is 6.48. The molecule has 1 aromatic carbocycles. The highest BCUT2D eigenvalue weighted by molar-refractivity contribution is 6.35. The Morgan fingerprint density at radius 3 is 2.50 bits per heavy atom. The summed E-state index contributed by atoms with van der Waals surface area (Å²) in [5.41, 5.74) is 0.533. The van der Waals surface area contributed by atoms with Gasteiger partial charge in [-0.05, 0) is 38.1 Å². The lowest BCUT2D eigenvalue weighted by molar-refractivity contribution is -0.135. The number of likely N-dealkylation sites (N-methyl/N-ethyl adjacent to an activating group) is 1. The summed E-state index contributed by atoms with van der Waals surface area (Å²) in [5.74, 6) is -0.283. The van der Waals surface area contributed by atoms with E-state index in [2.05, 4.69) is 10.6 Å². The van der Waals surface area contributed by atoms with Gasteiger partial charge in [-0.3, -0.25) is 9.59 Å². The average molecular weight is 367 g/mol. The molecular weight excluding hydrogens is 349 g/mol. The molecule has 1 heterocycles. The van der Waals surface area contributed by atoms with Crippen molar-refractivity contribution in [3.8, 4) is 0 Å². The molecule has 1 aromatic rings. The molecule has 0 aliphatic carbocycles. The third kappa shape index (κ3) is 4.74. The van der Waals surface area contributed by atoms with Crippen LogP contribution < -0.4 is 10.6 Å². The molecule has 122 valence electrons. The second-order valence-corrected chi connectivity index (χ2v) is 5.80. The molecule has 2 N–H and O–H groups in total. The lowest BCUT2D eigenvalue weighted by atomic mass is 10.2. The summed E-state index contributed by atoms with van der Waals surface area (Å²) < 4.78 is 0. The number of amides is 2. The fourth-order valence-corrected chi connectivity index (χ4v) is 2.97. The van der Waals surface area contributed by atoms with Gasteiger partial charge in [-0.2, -0.15) is 0 Å². The quantitative estimate of drug-likeness (QED) is 0.861. The summed E-state index contributed by atoms with van der Waals surface area (Å²) in [6.07, 6.45) is 1.49. The van der Waals surface area contributed by atoms with Crippen molar-refractivity contribution in [1.29, 1.82) is 0 Å². The Kier molecular flexibility index (Phi) is 7.42. The van der Waals surface area contributed by atoms with E-state index in [0.29, 0.717) is 28.7 Å². The third-order valence-electron chi connectivity index (χ3n) is 3.33. The minimum absolute atomic E-state index is 0. The molecular formula is C14H18Cl3N3O2. The van der Waals surface area contributed by atoms with Gasteiger partial charge in [0, 0.05) is 22.3 Å². The second kappa shape index (κ2) is 8.58. The summed E-state index contributed by atoms with van der Waals surface area (Å²) in [6, 6.07) is 4.40. The predicted molar refractivity (Wildman–Crippen MR) is 91.0 cm³/mol. The molecule has 0 spiro atoms. The van der Waals surface area contributed by atoms with Crippen molar-refractivity contribution in [1.82, 2.24) is 10.2 Å². The number of nitrogens with one attached hydrogen (secondary N) is 2. The molecule has 1 aliphatic heterocycles. The molecule has 1 atom stereocenters. The van der Waals surface area contributed by atoms with E-state index in [1.54, 1.807) is 30.1 Å². The molecule has 1 fully saturated rings. The number of hydrogen-bond donors (Lipinski definition) is 2. The highest BCUT2D eigenvalue weighted by Crippen LogP contribution is 2.24. The third-order valence-corrected chi connectivity index (χ3v) is 3.77. The fraction of sp³-hybridized carbons (Fsp3) is 0.429. The van der Waals surface area contributed by atoms with Crippen molar-refractivity contribution in [3.05, 3.63) is 28.2 Å². The number of benzene rings is 1. The first-order valence-corrected chi connectivity index (χ1v) is 7.48. The lowest BCUT2D eigenvalue weighted by Gasteiger charge is -2.24. The summed E-state index contributed by atoms with van der Waals surface area (Å²) in [7, 11) is 1.71. The van der Waals surface area contributed by atoms with Crippen molar-refractivity contribution in [2.75, 3.05) is 25.5 Å². The Labute approximate surface area is 145 Å². The molecule has 1 aliphatic rings. The van der Waals surface area contributed by atoms with Crippen molar-refractivity contribution in [3.63, 3.8) is 0 Å². The maximum atomic E-state index is 12.3. The Hall–Kier alpha value is -1.01. The van der Waals surface area contributed by atoms with Gasteiger partial charge in [0.15, 0.2) is 0 Å². The zero-order valence-electron chi connectivity index (χ0n) is 12.1. The van der Waals surface area contributed by atoms with E-state index in [9.17, 15) is 9.59 Å². The fourth-order valence-electron chi connectivity index (χ4n) is 2.44. The monoisotopic (exact) mass is 365 g/mol. The minimum Gasteiger partial charge on any atom is -0.330 e. The highest BCUT2D eigenvalue weighted by atomic mass is 35.5. The maximum absolute atomic E-state index is 12.3. The largest absolute Gasteiger partial charge is 0.330 e. The molecule has 0 saturated carbocycles. The van der Waals surface area contributed by atoms with Gasteiger partial charge in [-0.1, -0.05) is 23.2 Å². The SMILES string of the molecule is CNCC(=O)N1CCCC1C(=O)Nc1cc(Cl)cc(Cl)c1.Cl. The molecule has 0 bridgehead atoms. The van der Waals surface area contributed by atoms with Crippen LogP contribution in [0.5, 0.6) is 0 Å². The van der Waals surface area contributed by atoms with Gasteiger partial charge in [-0.25, -0.2) is 0 Å². The van der Waals surface area contributed by atoms with Crippen LogP contribution in [0.1, 0.15) is 12.8 Å². The number of hydrogen-bond acceptors (Lipinski definition) is 3. The highest BCUT2D eigenvalue weighted by Gasteiger charge is 2.33. The first-order valence-electron chi connectivity index (χ1n) is 6.72. The Bertz CT molecular complexity index is 534. The maximum Gasteiger partial charge on any atom is 0.247 e. The van der Waals surface area contributed by atoms with E-state index in [-0.39, 0.29) is 30.8 Å². The standard InChI is InChI=1S/C14H17Cl2N3O2.ClH/c1-17-8-13(20)19-4-2-3-12(19)14(21)18-11-6-9(15)5-10(16)7-11;/h5-7,12,17H,2-4,8H2,1H3,(H,18,21);1H. The van der Waals surface area contributed by atoms with Gasteiger partial charge in [0.05, 0.1) is 6.54 Å². The smallest absolute Gasteiger partial charge is 0.247 e. The van der Waals surface area contributed by atoms with Gasteiger partial charge < -0.3 is 15.5 Å². The second-order valence-electron chi connectivity index (χ2n) is 4.92. The van der Waals surface area contributed by atoms with Gasteiger partial charge in [0.1, 0.15) is 6.04 Å². The number of carbonyl (C=O) groups excluding carboxylic acids is 2. The summed E-state index contributed by atoms with van der Waals surface area (Å²) in [4.78, 5) is 25.9. The number of rotatable bonds is 4. The zero-order chi connectivity index (χ0) is 15.4. The van der Waals surface area contributed by atoms with Crippen LogP contribution in [0.25, 0.3) is 0 Å². The number of halogens is 3. The number of nitrogens with zero attached hydrogens (tertiary/aromatic N) is 1. The predicted octanol–water partition coefficient (Wildman–Crippen LogP) is 2.56. The van der Waals surface area contributed by atoms with Crippen LogP contribution in [0, 0.1) is 0 Å². The van der Waals surface area contributed by atoms with E-state index in [1.807, 2.05) is 0 Å². The first kappa shape index (κ1) is 19.0. The van der Waals surface area contributed by atoms with Crippen molar-refractivity contribution in [2.45, 2.75) is 18.9 Å². The molecule has 8 heteroatoms. The molecule has 1 saturated heterocycles. The Morgan fingerprint density at radius 2 is 1.91 bits per heavy atom. The van der Waals surface area contributed by atoms with Crippen molar-refractivity contribution >= 4 is 53.1 Å². The molecule has 0 radical (unpaired) electrons. The number of anilines is 1. The molecule has 22 heavy (non-hydrogen) atoms.